The maximum Gasteiger partial charge on any atom is 1.00 e. The first-order chi connectivity index (χ1) is 13.1. The zero-order chi connectivity index (χ0) is 22.2. The fourth-order valence-electron chi connectivity index (χ4n) is 2.19. The standard InChI is InChI=1S/C9H15N2O15P3.Na/c12-5-1-2-11(9(15)10-5)8-7(14)6(13)4(24-8)3-23-28(19,20)26-29(21,22)25-27(16,17)18;/h1-2,4,6-8,13-14H,3H2,(H,19,20)(H,21,22)(H,10,12,15)(H2,16,17,18);/q;+1/p-1. The van der Waals surface area contributed by atoms with Crippen LogP contribution in [0, 0.1) is 0 Å². The van der Waals surface area contributed by atoms with E-state index in [4.69, 9.17) is 14.5 Å². The predicted molar refractivity (Wildman–Crippen MR) is 84.8 cm³/mol. The van der Waals surface area contributed by atoms with Crippen molar-refractivity contribution >= 4 is 23.5 Å². The van der Waals surface area contributed by atoms with Crippen molar-refractivity contribution in [3.63, 3.8) is 0 Å². The number of ether oxygens (including phenoxy) is 1. The summed E-state index contributed by atoms with van der Waals surface area (Å²) in [6.45, 7) is -1.06. The van der Waals surface area contributed by atoms with Crippen LogP contribution in [0.3, 0.4) is 0 Å². The van der Waals surface area contributed by atoms with E-state index in [-0.39, 0.29) is 29.6 Å². The van der Waals surface area contributed by atoms with E-state index in [1.165, 1.54) is 0 Å². The van der Waals surface area contributed by atoms with Crippen molar-refractivity contribution in [3.05, 3.63) is 33.1 Å². The molecule has 2 rings (SSSR count). The molecule has 1 aliphatic heterocycles. The third-order valence-corrected chi connectivity index (χ3v) is 7.05. The molecule has 30 heavy (non-hydrogen) atoms. The summed E-state index contributed by atoms with van der Waals surface area (Å²) in [5, 5.41) is 19.9. The first kappa shape index (κ1) is 28.0. The summed E-state index contributed by atoms with van der Waals surface area (Å²) in [5.41, 5.74) is -1.76. The number of H-pyrrole nitrogens is 1. The Bertz CT molecular complexity index is 1000. The minimum absolute atomic E-state index is 0. The van der Waals surface area contributed by atoms with Gasteiger partial charge in [-0.05, 0) is 0 Å². The number of nitrogens with zero attached hydrogens (tertiary/aromatic N) is 1. The Kier molecular flexibility index (Phi) is 9.59. The Balaban J connectivity index is 0.00000450. The monoisotopic (exact) mass is 506 g/mol. The van der Waals surface area contributed by atoms with Gasteiger partial charge in [0, 0.05) is 12.3 Å². The van der Waals surface area contributed by atoms with E-state index in [0.29, 0.717) is 4.57 Å². The molecular weight excluding hydrogens is 492 g/mol. The van der Waals surface area contributed by atoms with E-state index in [2.05, 4.69) is 13.1 Å². The number of aromatic nitrogens is 2. The minimum Gasteiger partial charge on any atom is -0.756 e. The number of nitrogens with one attached hydrogen (secondary N) is 1. The van der Waals surface area contributed by atoms with Crippen LogP contribution in [0.15, 0.2) is 21.9 Å². The molecule has 17 nitrogen and oxygen atoms in total. The van der Waals surface area contributed by atoms with Gasteiger partial charge in [0.1, 0.15) is 18.3 Å². The second kappa shape index (κ2) is 10.3. The van der Waals surface area contributed by atoms with Gasteiger partial charge in [0.05, 0.1) is 6.61 Å². The van der Waals surface area contributed by atoms with Crippen LogP contribution in [0.5, 0.6) is 0 Å². The smallest absolute Gasteiger partial charge is 0.756 e. The second-order valence-electron chi connectivity index (χ2n) is 5.43. The first-order valence-electron chi connectivity index (χ1n) is 7.20. The third kappa shape index (κ3) is 7.83. The number of aromatic amines is 1. The summed E-state index contributed by atoms with van der Waals surface area (Å²) in [7, 11) is -17.1. The van der Waals surface area contributed by atoms with Gasteiger partial charge in [-0.3, -0.25) is 23.4 Å². The topological polar surface area (TPSA) is 267 Å². The van der Waals surface area contributed by atoms with Crippen molar-refractivity contribution < 1.29 is 90.9 Å². The molecule has 0 amide bonds. The van der Waals surface area contributed by atoms with Crippen LogP contribution < -0.4 is 45.7 Å². The van der Waals surface area contributed by atoms with Gasteiger partial charge in [-0.1, -0.05) is 0 Å². The molecule has 1 aliphatic rings. The van der Waals surface area contributed by atoms with E-state index in [9.17, 15) is 43.3 Å². The molecule has 0 aromatic carbocycles. The van der Waals surface area contributed by atoms with Gasteiger partial charge in [-0.15, -0.1) is 0 Å². The molecule has 21 heteroatoms. The molecule has 1 saturated heterocycles. The van der Waals surface area contributed by atoms with Crippen LogP contribution in [0.25, 0.3) is 0 Å². The molecule has 0 radical (unpaired) electrons. The summed E-state index contributed by atoms with van der Waals surface area (Å²) in [4.78, 5) is 61.7. The Morgan fingerprint density at radius 1 is 1.10 bits per heavy atom. The Hall–Kier alpha value is -0.0300. The van der Waals surface area contributed by atoms with Gasteiger partial charge in [0.15, 0.2) is 6.23 Å². The van der Waals surface area contributed by atoms with Gasteiger partial charge in [-0.2, -0.15) is 4.31 Å². The zero-order valence-corrected chi connectivity index (χ0v) is 19.5. The number of phosphoric ester groups is 1. The largest absolute Gasteiger partial charge is 1.00 e. The van der Waals surface area contributed by atoms with Crippen molar-refractivity contribution in [2.45, 2.75) is 24.5 Å². The SMILES string of the molecule is O=c1ccn(C2OC(COP(=O)(O)OP(=O)(O)OP(=O)([O-])O)C(O)C2O)c(=O)[nH]1.[Na+]. The molecule has 6 N–H and O–H groups in total. The summed E-state index contributed by atoms with van der Waals surface area (Å²) in [6, 6.07) is 0.915. The van der Waals surface area contributed by atoms with Gasteiger partial charge < -0.3 is 34.5 Å². The van der Waals surface area contributed by atoms with Gasteiger partial charge in [0.2, 0.25) is 0 Å². The molecule has 7 unspecified atom stereocenters. The van der Waals surface area contributed by atoms with Crippen molar-refractivity contribution in [1.82, 2.24) is 9.55 Å². The van der Waals surface area contributed by atoms with Crippen LogP contribution in [0.1, 0.15) is 6.23 Å². The van der Waals surface area contributed by atoms with E-state index in [1.54, 1.807) is 0 Å². The van der Waals surface area contributed by atoms with Gasteiger partial charge in [0.25, 0.3) is 13.4 Å². The van der Waals surface area contributed by atoms with Crippen molar-refractivity contribution in [2.24, 2.45) is 0 Å². The molecule has 0 spiro atoms. The molecule has 166 valence electrons. The molecule has 0 saturated carbocycles. The summed E-state index contributed by atoms with van der Waals surface area (Å²) >= 11 is 0. The van der Waals surface area contributed by atoms with Crippen LogP contribution in [0.4, 0.5) is 0 Å². The summed E-state index contributed by atoms with van der Waals surface area (Å²) < 4.78 is 50.2. The molecule has 1 aromatic heterocycles. The van der Waals surface area contributed by atoms with E-state index in [1.807, 2.05) is 4.98 Å². The predicted octanol–water partition coefficient (Wildman–Crippen LogP) is -6.13. The number of rotatable bonds is 8. The molecule has 1 fully saturated rings. The quantitative estimate of drug-likeness (QED) is 0.141. The second-order valence-corrected chi connectivity index (χ2v) is 9.80. The van der Waals surface area contributed by atoms with Crippen molar-refractivity contribution in [3.8, 4) is 0 Å². The minimum atomic E-state index is -5.81. The average Bonchev–Trinajstić information content (AvgIpc) is 2.78. The van der Waals surface area contributed by atoms with Crippen LogP contribution in [-0.2, 0) is 31.6 Å². The number of aliphatic hydroxyl groups excluding tert-OH is 2. The Morgan fingerprint density at radius 2 is 1.70 bits per heavy atom. The number of hydrogen-bond acceptors (Lipinski definition) is 12. The Morgan fingerprint density at radius 3 is 2.23 bits per heavy atom. The molecule has 7 atom stereocenters. The van der Waals surface area contributed by atoms with Crippen LogP contribution in [-0.4, -0.2) is 59.4 Å². The number of phosphoric acid groups is 3. The van der Waals surface area contributed by atoms with Crippen molar-refractivity contribution in [2.75, 3.05) is 6.61 Å². The summed E-state index contributed by atoms with van der Waals surface area (Å²) in [5.74, 6) is 0. The maximum atomic E-state index is 11.7. The van der Waals surface area contributed by atoms with Crippen LogP contribution >= 0.6 is 23.5 Å². The van der Waals surface area contributed by atoms with Gasteiger partial charge >= 0.3 is 50.9 Å². The van der Waals surface area contributed by atoms with E-state index < -0.39 is 65.9 Å². The first-order valence-corrected chi connectivity index (χ1v) is 11.7. The average molecular weight is 506 g/mol. The number of aliphatic hydroxyl groups is 2. The summed E-state index contributed by atoms with van der Waals surface area (Å²) in [6.07, 6.45) is -5.75. The fraction of sp³-hybridized carbons (Fsp3) is 0.556. The zero-order valence-electron chi connectivity index (χ0n) is 14.8. The fourth-order valence-corrected chi connectivity index (χ4v) is 5.19. The molecular formula is C9H14N2NaO15P3. The maximum absolute atomic E-state index is 11.7. The van der Waals surface area contributed by atoms with Crippen molar-refractivity contribution in [1.29, 1.82) is 0 Å². The molecule has 0 bridgehead atoms. The van der Waals surface area contributed by atoms with E-state index in [0.717, 1.165) is 12.3 Å². The third-order valence-electron chi connectivity index (χ3n) is 3.28. The molecule has 0 aliphatic carbocycles. The van der Waals surface area contributed by atoms with Gasteiger partial charge in [-0.25, -0.2) is 18.2 Å². The van der Waals surface area contributed by atoms with E-state index >= 15 is 0 Å². The number of hydrogen-bond donors (Lipinski definition) is 6. The molecule has 2 heterocycles. The normalized spacial score (nSPS) is 29.9. The van der Waals surface area contributed by atoms with Crippen LogP contribution in [0.2, 0.25) is 0 Å². The Labute approximate surface area is 188 Å². The molecule has 1 aromatic rings.